The summed E-state index contributed by atoms with van der Waals surface area (Å²) >= 11 is 0. The molecule has 0 radical (unpaired) electrons. The van der Waals surface area contributed by atoms with Crippen LogP contribution >= 0.6 is 0 Å². The van der Waals surface area contributed by atoms with Crippen LogP contribution in [0.25, 0.3) is 0 Å². The van der Waals surface area contributed by atoms with Crippen molar-refractivity contribution in [2.75, 3.05) is 23.3 Å². The van der Waals surface area contributed by atoms with Crippen LogP contribution < -0.4 is 10.2 Å². The van der Waals surface area contributed by atoms with E-state index in [0.717, 1.165) is 12.8 Å². The Balaban J connectivity index is 1.64. The van der Waals surface area contributed by atoms with Gasteiger partial charge < -0.3 is 20.2 Å². The van der Waals surface area contributed by atoms with Gasteiger partial charge in [0.15, 0.2) is 0 Å². The third-order valence-corrected chi connectivity index (χ3v) is 5.07. The number of hydrogen-bond acceptors (Lipinski definition) is 7. The lowest BCUT2D eigenvalue weighted by atomic mass is 9.91. The summed E-state index contributed by atoms with van der Waals surface area (Å²) in [6.07, 6.45) is 3.97. The van der Waals surface area contributed by atoms with Gasteiger partial charge in [0.1, 0.15) is 5.82 Å². The van der Waals surface area contributed by atoms with Crippen LogP contribution in [-0.4, -0.2) is 56.2 Å². The maximum absolute atomic E-state index is 11.4. The number of nitrogens with one attached hydrogen (secondary N) is 1. The Hall–Kier alpha value is -3.43. The summed E-state index contributed by atoms with van der Waals surface area (Å²) in [7, 11) is 0. The fraction of sp³-hybridized carbons (Fsp3) is 0.353. The molecule has 3 aliphatic rings. The van der Waals surface area contributed by atoms with E-state index in [-0.39, 0.29) is 23.6 Å². The zero-order valence-corrected chi connectivity index (χ0v) is 14.4. The number of fused-ring (bicyclic) bond motifs is 3. The van der Waals surface area contributed by atoms with E-state index >= 15 is 0 Å². The van der Waals surface area contributed by atoms with Crippen LogP contribution in [0.15, 0.2) is 36.7 Å². The summed E-state index contributed by atoms with van der Waals surface area (Å²) in [5.74, 6) is 0.761. The number of nitrogens with zero attached hydrogens (tertiary/aromatic N) is 5. The highest BCUT2D eigenvalue weighted by Gasteiger charge is 2.41. The first kappa shape index (κ1) is 17.0. The molecular formula is C17H18N6O4. The number of carboxylic acid groups (broad SMARTS) is 1. The van der Waals surface area contributed by atoms with E-state index in [2.05, 4.69) is 20.2 Å². The standard InChI is InChI=1S/C17H18N6O4/c24-17(25)22-10-12-1-2-13(22)9-21(12)15-4-3-14(23(26)27)16(20-15)19-11-5-7-18-8-6-11/h3-8,12-13H,1-2,9-10H2,(H,24,25)(H,18,19,20)/t12-,13-/m1/s1. The Morgan fingerprint density at radius 1 is 1.19 bits per heavy atom. The molecule has 3 saturated heterocycles. The molecule has 10 heteroatoms. The van der Waals surface area contributed by atoms with Crippen LogP contribution in [0.3, 0.4) is 0 Å². The van der Waals surface area contributed by atoms with Crippen LogP contribution in [0.1, 0.15) is 12.8 Å². The lowest BCUT2D eigenvalue weighted by Gasteiger charge is -2.50. The van der Waals surface area contributed by atoms with Crippen molar-refractivity contribution in [3.63, 3.8) is 0 Å². The van der Waals surface area contributed by atoms with Crippen LogP contribution in [-0.2, 0) is 0 Å². The normalized spacial score (nSPS) is 21.2. The molecule has 0 spiro atoms. The summed E-state index contributed by atoms with van der Waals surface area (Å²) in [6.45, 7) is 0.961. The first-order valence-electron chi connectivity index (χ1n) is 8.61. The fourth-order valence-electron chi connectivity index (χ4n) is 3.76. The van der Waals surface area contributed by atoms with Gasteiger partial charge in [-0.2, -0.15) is 0 Å². The number of nitro groups is 1. The summed E-state index contributed by atoms with van der Waals surface area (Å²) in [5.41, 5.74) is 0.528. The molecule has 0 aliphatic carbocycles. The number of carbonyl (C=O) groups is 1. The second kappa shape index (κ2) is 6.71. The van der Waals surface area contributed by atoms with Gasteiger partial charge in [-0.3, -0.25) is 15.1 Å². The number of piperazine rings is 1. The van der Waals surface area contributed by atoms with E-state index in [1.165, 1.54) is 11.0 Å². The SMILES string of the molecule is O=C(O)N1C[C@H]2CC[C@@H]1CN2c1ccc([N+](=O)[O-])c(Nc2ccncc2)n1. The van der Waals surface area contributed by atoms with Gasteiger partial charge in [0.25, 0.3) is 0 Å². The van der Waals surface area contributed by atoms with E-state index in [0.29, 0.717) is 24.6 Å². The predicted octanol–water partition coefficient (Wildman–Crippen LogP) is 2.46. The van der Waals surface area contributed by atoms with Gasteiger partial charge in [-0.25, -0.2) is 9.78 Å². The summed E-state index contributed by atoms with van der Waals surface area (Å²) in [5, 5.41) is 23.7. The molecule has 27 heavy (non-hydrogen) atoms. The highest BCUT2D eigenvalue weighted by atomic mass is 16.6. The summed E-state index contributed by atoms with van der Waals surface area (Å²) in [4.78, 5) is 34.2. The van der Waals surface area contributed by atoms with E-state index in [1.807, 2.05) is 0 Å². The fourth-order valence-corrected chi connectivity index (χ4v) is 3.76. The van der Waals surface area contributed by atoms with Crippen molar-refractivity contribution in [2.24, 2.45) is 0 Å². The van der Waals surface area contributed by atoms with Crippen LogP contribution in [0.2, 0.25) is 0 Å². The third kappa shape index (κ3) is 3.21. The number of rotatable bonds is 4. The van der Waals surface area contributed by atoms with Crippen molar-refractivity contribution in [2.45, 2.75) is 24.9 Å². The lowest BCUT2D eigenvalue weighted by molar-refractivity contribution is -0.384. The van der Waals surface area contributed by atoms with Crippen LogP contribution in [0, 0.1) is 10.1 Å². The minimum atomic E-state index is -0.902. The van der Waals surface area contributed by atoms with Crippen LogP contribution in [0.5, 0.6) is 0 Å². The molecule has 0 saturated carbocycles. The molecule has 3 aliphatic heterocycles. The Bertz CT molecular complexity index is 877. The highest BCUT2D eigenvalue weighted by Crippen LogP contribution is 2.35. The van der Waals surface area contributed by atoms with Gasteiger partial charge >= 0.3 is 11.8 Å². The number of anilines is 3. The molecule has 10 nitrogen and oxygen atoms in total. The topological polar surface area (TPSA) is 125 Å². The molecule has 2 aromatic heterocycles. The first-order valence-corrected chi connectivity index (χ1v) is 8.61. The molecule has 2 atom stereocenters. The Morgan fingerprint density at radius 3 is 2.56 bits per heavy atom. The van der Waals surface area contributed by atoms with Gasteiger partial charge in [0.05, 0.1) is 11.0 Å². The lowest BCUT2D eigenvalue weighted by Crippen LogP contribution is -2.64. The average molecular weight is 370 g/mol. The van der Waals surface area contributed by atoms with Crippen molar-refractivity contribution in [3.8, 4) is 0 Å². The largest absolute Gasteiger partial charge is 0.465 e. The molecule has 0 unspecified atom stereocenters. The average Bonchev–Trinajstić information content (AvgIpc) is 2.68. The van der Waals surface area contributed by atoms with Gasteiger partial charge in [-0.1, -0.05) is 0 Å². The summed E-state index contributed by atoms with van der Waals surface area (Å²) < 4.78 is 0. The van der Waals surface area contributed by atoms with Crippen molar-refractivity contribution in [1.29, 1.82) is 0 Å². The molecule has 5 heterocycles. The Kier molecular flexibility index (Phi) is 4.22. The number of aromatic nitrogens is 2. The molecule has 5 rings (SSSR count). The highest BCUT2D eigenvalue weighted by molar-refractivity contribution is 5.69. The minimum absolute atomic E-state index is 0.0221. The van der Waals surface area contributed by atoms with Crippen molar-refractivity contribution in [1.82, 2.24) is 14.9 Å². The Morgan fingerprint density at radius 2 is 1.93 bits per heavy atom. The first-order chi connectivity index (χ1) is 13.0. The molecule has 3 fully saturated rings. The maximum Gasteiger partial charge on any atom is 0.407 e. The van der Waals surface area contributed by atoms with E-state index < -0.39 is 11.0 Å². The molecule has 1 amide bonds. The van der Waals surface area contributed by atoms with Crippen LogP contribution in [0.4, 0.5) is 27.8 Å². The third-order valence-electron chi connectivity index (χ3n) is 5.07. The minimum Gasteiger partial charge on any atom is -0.465 e. The quantitative estimate of drug-likeness (QED) is 0.621. The van der Waals surface area contributed by atoms with Gasteiger partial charge in [0, 0.05) is 43.3 Å². The van der Waals surface area contributed by atoms with Gasteiger partial charge in [0.2, 0.25) is 5.82 Å². The molecule has 2 aromatic rings. The molecule has 2 N–H and O–H groups in total. The second-order valence-electron chi connectivity index (χ2n) is 6.63. The molecular weight excluding hydrogens is 352 g/mol. The summed E-state index contributed by atoms with van der Waals surface area (Å²) in [6, 6.07) is 6.40. The number of hydrogen-bond donors (Lipinski definition) is 2. The number of piperidine rings is 2. The van der Waals surface area contributed by atoms with Crippen molar-refractivity contribution < 1.29 is 14.8 Å². The maximum atomic E-state index is 11.4. The number of amides is 1. The van der Waals surface area contributed by atoms with Crippen molar-refractivity contribution >= 4 is 29.1 Å². The predicted molar refractivity (Wildman–Crippen MR) is 97.3 cm³/mol. The monoisotopic (exact) mass is 370 g/mol. The molecule has 2 bridgehead atoms. The Labute approximate surface area is 154 Å². The number of pyridine rings is 2. The zero-order chi connectivity index (χ0) is 19.0. The van der Waals surface area contributed by atoms with Gasteiger partial charge in [-0.15, -0.1) is 0 Å². The van der Waals surface area contributed by atoms with E-state index in [9.17, 15) is 20.0 Å². The van der Waals surface area contributed by atoms with E-state index in [4.69, 9.17) is 0 Å². The smallest absolute Gasteiger partial charge is 0.407 e. The molecule has 0 aromatic carbocycles. The van der Waals surface area contributed by atoms with Crippen molar-refractivity contribution in [3.05, 3.63) is 46.8 Å². The van der Waals surface area contributed by atoms with Gasteiger partial charge in [-0.05, 0) is 31.0 Å². The zero-order valence-electron chi connectivity index (χ0n) is 14.4. The second-order valence-corrected chi connectivity index (χ2v) is 6.63. The van der Waals surface area contributed by atoms with E-state index in [1.54, 1.807) is 30.6 Å². The molecule has 140 valence electrons.